The van der Waals surface area contributed by atoms with Gasteiger partial charge in [0.25, 0.3) is 5.88 Å². The molecule has 0 saturated heterocycles. The summed E-state index contributed by atoms with van der Waals surface area (Å²) in [5.74, 6) is -1.03. The van der Waals surface area contributed by atoms with Gasteiger partial charge >= 0.3 is 6.36 Å². The summed E-state index contributed by atoms with van der Waals surface area (Å²) in [4.78, 5) is 3.52. The van der Waals surface area contributed by atoms with Crippen molar-refractivity contribution in [3.8, 4) is 17.7 Å². The molecule has 0 aliphatic heterocycles. The van der Waals surface area contributed by atoms with Crippen LogP contribution in [0.2, 0.25) is 0 Å². The van der Waals surface area contributed by atoms with Gasteiger partial charge < -0.3 is 9.47 Å². The Balaban J connectivity index is 3.23. The third kappa shape index (κ3) is 3.00. The van der Waals surface area contributed by atoms with E-state index in [-0.39, 0.29) is 10.2 Å². The second kappa shape index (κ2) is 4.57. The molecule has 86 valence electrons. The molecule has 0 fully saturated rings. The van der Waals surface area contributed by atoms with Crippen LogP contribution in [0.25, 0.3) is 0 Å². The Labute approximate surface area is 96.7 Å². The van der Waals surface area contributed by atoms with Crippen LogP contribution in [0.3, 0.4) is 0 Å². The van der Waals surface area contributed by atoms with E-state index in [0.717, 1.165) is 13.2 Å². The van der Waals surface area contributed by atoms with Gasteiger partial charge in [0.15, 0.2) is 0 Å². The molecule has 0 amide bonds. The zero-order valence-electron chi connectivity index (χ0n) is 7.80. The van der Waals surface area contributed by atoms with E-state index in [4.69, 9.17) is 5.26 Å². The van der Waals surface area contributed by atoms with Crippen molar-refractivity contribution in [2.75, 3.05) is 7.11 Å². The van der Waals surface area contributed by atoms with Gasteiger partial charge in [-0.25, -0.2) is 0 Å². The maximum absolute atomic E-state index is 12.0. The summed E-state index contributed by atoms with van der Waals surface area (Å²) < 4.78 is 44.3. The summed E-state index contributed by atoms with van der Waals surface area (Å²) in [5.41, 5.74) is -0.0850. The smallest absolute Gasteiger partial charge is 0.478 e. The van der Waals surface area contributed by atoms with Gasteiger partial charge in [-0.2, -0.15) is 10.2 Å². The van der Waals surface area contributed by atoms with Crippen molar-refractivity contribution in [2.45, 2.75) is 6.36 Å². The van der Waals surface area contributed by atoms with E-state index < -0.39 is 18.0 Å². The highest BCUT2D eigenvalue weighted by Gasteiger charge is 2.34. The number of alkyl halides is 3. The van der Waals surface area contributed by atoms with Crippen molar-refractivity contribution >= 4 is 15.9 Å². The molecule has 0 aliphatic carbocycles. The molecule has 0 unspecified atom stereocenters. The molecule has 4 nitrogen and oxygen atoms in total. The first-order chi connectivity index (χ1) is 7.37. The number of nitrogens with zero attached hydrogens (tertiary/aromatic N) is 2. The summed E-state index contributed by atoms with van der Waals surface area (Å²) in [5, 5.41) is 8.55. The first kappa shape index (κ1) is 12.6. The molecular formula is C8H4BrF3N2O2. The van der Waals surface area contributed by atoms with Crippen molar-refractivity contribution in [1.29, 1.82) is 5.26 Å². The molecule has 0 bridgehead atoms. The molecule has 0 aromatic carbocycles. The highest BCUT2D eigenvalue weighted by Crippen LogP contribution is 2.37. The zero-order valence-corrected chi connectivity index (χ0v) is 9.39. The normalized spacial score (nSPS) is 10.8. The second-order valence-electron chi connectivity index (χ2n) is 2.49. The van der Waals surface area contributed by atoms with Gasteiger partial charge in [0.1, 0.15) is 11.8 Å². The molecule has 1 heterocycles. The first-order valence-electron chi connectivity index (χ1n) is 3.77. The van der Waals surface area contributed by atoms with E-state index in [2.05, 4.69) is 30.4 Å². The van der Waals surface area contributed by atoms with E-state index in [1.165, 1.54) is 0 Å². The minimum Gasteiger partial charge on any atom is -0.478 e. The van der Waals surface area contributed by atoms with Gasteiger partial charge in [-0.3, -0.25) is 0 Å². The first-order valence-corrected chi connectivity index (χ1v) is 4.57. The number of rotatable bonds is 2. The molecule has 0 saturated carbocycles. The highest BCUT2D eigenvalue weighted by atomic mass is 79.9. The Morgan fingerprint density at radius 3 is 2.56 bits per heavy atom. The highest BCUT2D eigenvalue weighted by molar-refractivity contribution is 9.10. The van der Waals surface area contributed by atoms with Crippen LogP contribution in [0.15, 0.2) is 10.5 Å². The number of hydrogen-bond acceptors (Lipinski definition) is 4. The van der Waals surface area contributed by atoms with Crippen LogP contribution in [0.4, 0.5) is 13.2 Å². The van der Waals surface area contributed by atoms with Crippen molar-refractivity contribution < 1.29 is 22.6 Å². The van der Waals surface area contributed by atoms with Gasteiger partial charge in [-0.05, 0) is 22.0 Å². The monoisotopic (exact) mass is 296 g/mol. The minimum atomic E-state index is -4.86. The molecule has 16 heavy (non-hydrogen) atoms. The summed E-state index contributed by atoms with van der Waals surface area (Å²) in [6.45, 7) is 0. The molecule has 8 heteroatoms. The van der Waals surface area contributed by atoms with Crippen molar-refractivity contribution in [3.05, 3.63) is 16.2 Å². The SMILES string of the molecule is COc1nc(C#N)cc(Br)c1OC(F)(F)F. The molecule has 0 radical (unpaired) electrons. The Morgan fingerprint density at radius 2 is 2.12 bits per heavy atom. The minimum absolute atomic E-state index is 0.0618. The Hall–Kier alpha value is -1.49. The van der Waals surface area contributed by atoms with Crippen LogP contribution in [0.1, 0.15) is 5.69 Å². The topological polar surface area (TPSA) is 55.1 Å². The second-order valence-corrected chi connectivity index (χ2v) is 3.34. The summed E-state index contributed by atoms with van der Waals surface area (Å²) in [6, 6.07) is 2.78. The quantitative estimate of drug-likeness (QED) is 0.842. The molecular weight excluding hydrogens is 293 g/mol. The Bertz CT molecular complexity index is 442. The molecule has 1 aromatic heterocycles. The molecule has 1 aromatic rings. The average molecular weight is 297 g/mol. The van der Waals surface area contributed by atoms with Gasteiger partial charge in [0.2, 0.25) is 5.75 Å². The van der Waals surface area contributed by atoms with E-state index in [1.807, 2.05) is 0 Å². The zero-order chi connectivity index (χ0) is 12.3. The molecule has 0 spiro atoms. The number of ether oxygens (including phenoxy) is 2. The van der Waals surface area contributed by atoms with E-state index >= 15 is 0 Å². The lowest BCUT2D eigenvalue weighted by Crippen LogP contribution is -2.18. The maximum Gasteiger partial charge on any atom is 0.573 e. The lowest BCUT2D eigenvalue weighted by atomic mass is 10.3. The van der Waals surface area contributed by atoms with Crippen LogP contribution in [-0.2, 0) is 0 Å². The van der Waals surface area contributed by atoms with E-state index in [9.17, 15) is 13.2 Å². The van der Waals surface area contributed by atoms with Crippen LogP contribution in [0.5, 0.6) is 11.6 Å². The number of pyridine rings is 1. The third-order valence-corrected chi connectivity index (χ3v) is 2.01. The average Bonchev–Trinajstić information content (AvgIpc) is 2.19. The predicted molar refractivity (Wildman–Crippen MR) is 49.9 cm³/mol. The Morgan fingerprint density at radius 1 is 1.50 bits per heavy atom. The van der Waals surface area contributed by atoms with Gasteiger partial charge in [0, 0.05) is 0 Å². The predicted octanol–water partition coefficient (Wildman–Crippen LogP) is 2.62. The van der Waals surface area contributed by atoms with Crippen LogP contribution >= 0.6 is 15.9 Å². The summed E-state index contributed by atoms with van der Waals surface area (Å²) in [7, 11) is 1.12. The standard InChI is InChI=1S/C8H4BrF3N2O2/c1-15-7-6(16-8(10,11)12)5(9)2-4(3-13)14-7/h2H,1H3. The molecule has 0 N–H and O–H groups in total. The lowest BCUT2D eigenvalue weighted by Gasteiger charge is -2.13. The number of methoxy groups -OCH3 is 1. The fourth-order valence-electron chi connectivity index (χ4n) is 0.884. The lowest BCUT2D eigenvalue weighted by molar-refractivity contribution is -0.275. The molecule has 0 atom stereocenters. The van der Waals surface area contributed by atoms with Crippen LogP contribution in [-0.4, -0.2) is 18.5 Å². The number of halogens is 4. The molecule has 0 aliphatic rings. The Kier molecular flexibility index (Phi) is 3.59. The molecule has 1 rings (SSSR count). The van der Waals surface area contributed by atoms with E-state index in [1.54, 1.807) is 6.07 Å². The summed E-state index contributed by atoms with van der Waals surface area (Å²) >= 11 is 2.84. The van der Waals surface area contributed by atoms with Crippen LogP contribution in [0, 0.1) is 11.3 Å². The van der Waals surface area contributed by atoms with Gasteiger partial charge in [-0.1, -0.05) is 0 Å². The number of hydrogen-bond donors (Lipinski definition) is 0. The number of nitriles is 1. The largest absolute Gasteiger partial charge is 0.573 e. The van der Waals surface area contributed by atoms with E-state index in [0.29, 0.717) is 0 Å². The van der Waals surface area contributed by atoms with Crippen molar-refractivity contribution in [2.24, 2.45) is 0 Å². The summed E-state index contributed by atoms with van der Waals surface area (Å²) in [6.07, 6.45) is -4.86. The van der Waals surface area contributed by atoms with Gasteiger partial charge in [0.05, 0.1) is 11.6 Å². The maximum atomic E-state index is 12.0. The van der Waals surface area contributed by atoms with Gasteiger partial charge in [-0.15, -0.1) is 13.2 Å². The third-order valence-electron chi connectivity index (χ3n) is 1.42. The van der Waals surface area contributed by atoms with Crippen molar-refractivity contribution in [1.82, 2.24) is 4.98 Å². The number of aromatic nitrogens is 1. The van der Waals surface area contributed by atoms with Crippen molar-refractivity contribution in [3.63, 3.8) is 0 Å². The fourth-order valence-corrected chi connectivity index (χ4v) is 1.35. The van der Waals surface area contributed by atoms with Crippen LogP contribution < -0.4 is 9.47 Å². The fraction of sp³-hybridized carbons (Fsp3) is 0.250.